The average Bonchev–Trinajstić information content (AvgIpc) is 2.79. The van der Waals surface area contributed by atoms with Gasteiger partial charge in [-0.05, 0) is 35.8 Å². The molecule has 0 saturated carbocycles. The molecule has 0 spiro atoms. The Balaban J connectivity index is 1.98. The van der Waals surface area contributed by atoms with Gasteiger partial charge >= 0.3 is 11.7 Å². The number of ether oxygens (including phenoxy) is 2. The van der Waals surface area contributed by atoms with E-state index in [2.05, 4.69) is 38.8 Å². The van der Waals surface area contributed by atoms with Gasteiger partial charge in [0.1, 0.15) is 6.73 Å². The Morgan fingerprint density at radius 1 is 1.06 bits per heavy atom. The highest BCUT2D eigenvalue weighted by Crippen LogP contribution is 2.36. The van der Waals surface area contributed by atoms with Crippen molar-refractivity contribution in [1.29, 1.82) is 0 Å². The zero-order valence-corrected chi connectivity index (χ0v) is 23.1. The molecule has 0 amide bonds. The first-order valence-electron chi connectivity index (χ1n) is 12.0. The number of H-pyrrole nitrogens is 1. The first kappa shape index (κ1) is 27.6. The predicted molar refractivity (Wildman–Crippen MR) is 143 cm³/mol. The van der Waals surface area contributed by atoms with Crippen LogP contribution in [0.3, 0.4) is 0 Å². The summed E-state index contributed by atoms with van der Waals surface area (Å²) in [6, 6.07) is 13.3. The lowest BCUT2D eigenvalue weighted by Crippen LogP contribution is -2.41. The van der Waals surface area contributed by atoms with Crippen LogP contribution >= 0.6 is 0 Å². The molecule has 0 saturated heterocycles. The van der Waals surface area contributed by atoms with Crippen LogP contribution < -0.4 is 11.2 Å². The number of aromatic nitrogens is 2. The number of carbonyl (C=O) groups is 1. The Hall–Kier alpha value is -3.01. The van der Waals surface area contributed by atoms with Gasteiger partial charge in [-0.1, -0.05) is 63.2 Å². The third-order valence-corrected chi connectivity index (χ3v) is 11.4. The molecule has 2 aromatic carbocycles. The Morgan fingerprint density at radius 2 is 1.72 bits per heavy atom. The van der Waals surface area contributed by atoms with Gasteiger partial charge in [-0.25, -0.2) is 4.79 Å². The minimum atomic E-state index is -1.93. The van der Waals surface area contributed by atoms with Gasteiger partial charge in [0.05, 0.1) is 18.9 Å². The van der Waals surface area contributed by atoms with Crippen molar-refractivity contribution in [2.24, 2.45) is 0 Å². The standard InChI is InChI=1S/C27H36N2O6Si/c1-18-23(24(35-19(2)30)22-14-10-12-20-11-8-9-13-21(20)22)29(26(32)28-25(18)31)17-33-15-16-34-36(6,7)27(3,4)5/h8-14,24H,15-17H2,1-7H3,(H,28,31,32). The summed E-state index contributed by atoms with van der Waals surface area (Å²) in [5.41, 5.74) is 0.0511. The van der Waals surface area contributed by atoms with Crippen molar-refractivity contribution in [1.82, 2.24) is 9.55 Å². The number of rotatable bonds is 9. The summed E-state index contributed by atoms with van der Waals surface area (Å²) in [4.78, 5) is 40.0. The molecule has 3 rings (SSSR count). The highest BCUT2D eigenvalue weighted by molar-refractivity contribution is 6.74. The number of esters is 1. The maximum atomic E-state index is 12.9. The topological polar surface area (TPSA) is 99.6 Å². The Bertz CT molecular complexity index is 1350. The normalized spacial score (nSPS) is 13.1. The summed E-state index contributed by atoms with van der Waals surface area (Å²) in [6.07, 6.45) is -0.976. The second kappa shape index (κ2) is 10.9. The Morgan fingerprint density at radius 3 is 2.39 bits per heavy atom. The fourth-order valence-electron chi connectivity index (χ4n) is 3.79. The van der Waals surface area contributed by atoms with Gasteiger partial charge in [0.15, 0.2) is 14.4 Å². The predicted octanol–water partition coefficient (Wildman–Crippen LogP) is 4.65. The van der Waals surface area contributed by atoms with Gasteiger partial charge in [0.25, 0.3) is 5.56 Å². The number of nitrogens with zero attached hydrogens (tertiary/aromatic N) is 1. The zero-order valence-electron chi connectivity index (χ0n) is 22.1. The highest BCUT2D eigenvalue weighted by Gasteiger charge is 2.37. The van der Waals surface area contributed by atoms with E-state index in [1.54, 1.807) is 6.92 Å². The third kappa shape index (κ3) is 6.03. The van der Waals surface area contributed by atoms with Crippen molar-refractivity contribution in [3.8, 4) is 0 Å². The number of nitrogens with one attached hydrogen (secondary N) is 1. The number of carbonyl (C=O) groups excluding carboxylic acids is 1. The zero-order chi connectivity index (χ0) is 26.7. The number of fused-ring (bicyclic) bond motifs is 1. The van der Waals surface area contributed by atoms with Crippen molar-refractivity contribution in [2.45, 2.75) is 65.6 Å². The molecule has 0 fully saturated rings. The molecule has 0 aliphatic rings. The number of hydrogen-bond acceptors (Lipinski definition) is 6. The van der Waals surface area contributed by atoms with Gasteiger partial charge in [0, 0.05) is 18.1 Å². The van der Waals surface area contributed by atoms with Gasteiger partial charge in [-0.15, -0.1) is 0 Å². The molecule has 0 aliphatic heterocycles. The molecule has 1 aromatic heterocycles. The maximum Gasteiger partial charge on any atom is 0.330 e. The smallest absolute Gasteiger partial charge is 0.330 e. The van der Waals surface area contributed by atoms with E-state index in [1.807, 2.05) is 42.5 Å². The van der Waals surface area contributed by atoms with E-state index in [4.69, 9.17) is 13.9 Å². The lowest BCUT2D eigenvalue weighted by molar-refractivity contribution is -0.145. The fourth-order valence-corrected chi connectivity index (χ4v) is 4.82. The molecule has 1 heterocycles. The third-order valence-electron chi connectivity index (χ3n) is 6.84. The first-order chi connectivity index (χ1) is 16.8. The van der Waals surface area contributed by atoms with Crippen molar-refractivity contribution in [2.75, 3.05) is 13.2 Å². The molecule has 0 radical (unpaired) electrons. The summed E-state index contributed by atoms with van der Waals surface area (Å²) >= 11 is 0. The fraction of sp³-hybridized carbons (Fsp3) is 0.444. The number of hydrogen-bond donors (Lipinski definition) is 1. The van der Waals surface area contributed by atoms with Crippen molar-refractivity contribution in [3.05, 3.63) is 80.1 Å². The van der Waals surface area contributed by atoms with Gasteiger partial charge < -0.3 is 13.9 Å². The summed E-state index contributed by atoms with van der Waals surface area (Å²) in [5.74, 6) is -0.532. The van der Waals surface area contributed by atoms with E-state index in [1.165, 1.54) is 11.5 Å². The van der Waals surface area contributed by atoms with Crippen LogP contribution in [0.5, 0.6) is 0 Å². The lowest BCUT2D eigenvalue weighted by Gasteiger charge is -2.36. The minimum absolute atomic E-state index is 0.0723. The van der Waals surface area contributed by atoms with E-state index in [9.17, 15) is 14.4 Å². The number of aromatic amines is 1. The molecule has 1 N–H and O–H groups in total. The van der Waals surface area contributed by atoms with Crippen LogP contribution in [0, 0.1) is 6.92 Å². The molecule has 8 nitrogen and oxygen atoms in total. The van der Waals surface area contributed by atoms with E-state index in [0.29, 0.717) is 12.2 Å². The van der Waals surface area contributed by atoms with Crippen LogP contribution in [-0.2, 0) is 25.4 Å². The second-order valence-corrected chi connectivity index (χ2v) is 15.2. The van der Waals surface area contributed by atoms with Crippen LogP contribution in [-0.4, -0.2) is 37.1 Å². The summed E-state index contributed by atoms with van der Waals surface area (Å²) in [6.45, 7) is 14.2. The largest absolute Gasteiger partial charge is 0.451 e. The van der Waals surface area contributed by atoms with E-state index in [-0.39, 0.29) is 29.6 Å². The summed E-state index contributed by atoms with van der Waals surface area (Å²) in [7, 11) is -1.93. The van der Waals surface area contributed by atoms with Gasteiger partial charge in [-0.2, -0.15) is 0 Å². The molecule has 0 aliphatic carbocycles. The van der Waals surface area contributed by atoms with E-state index in [0.717, 1.165) is 10.8 Å². The first-order valence-corrected chi connectivity index (χ1v) is 14.9. The molecule has 1 atom stereocenters. The Labute approximate surface area is 212 Å². The van der Waals surface area contributed by atoms with Crippen LogP contribution in [0.4, 0.5) is 0 Å². The molecule has 36 heavy (non-hydrogen) atoms. The van der Waals surface area contributed by atoms with Crippen LogP contribution in [0.25, 0.3) is 10.8 Å². The van der Waals surface area contributed by atoms with Crippen LogP contribution in [0.15, 0.2) is 52.1 Å². The number of benzene rings is 2. The summed E-state index contributed by atoms with van der Waals surface area (Å²) < 4.78 is 19.0. The maximum absolute atomic E-state index is 12.9. The molecule has 194 valence electrons. The van der Waals surface area contributed by atoms with Crippen LogP contribution in [0.1, 0.15) is 50.6 Å². The quantitative estimate of drug-likeness (QED) is 0.255. The lowest BCUT2D eigenvalue weighted by atomic mass is 9.96. The molecule has 0 bridgehead atoms. The monoisotopic (exact) mass is 512 g/mol. The average molecular weight is 513 g/mol. The second-order valence-electron chi connectivity index (χ2n) is 10.4. The van der Waals surface area contributed by atoms with Gasteiger partial charge in [0.2, 0.25) is 0 Å². The van der Waals surface area contributed by atoms with Crippen molar-refractivity contribution < 1.29 is 18.7 Å². The van der Waals surface area contributed by atoms with Crippen molar-refractivity contribution >= 4 is 25.1 Å². The Kier molecular flexibility index (Phi) is 8.38. The highest BCUT2D eigenvalue weighted by atomic mass is 28.4. The SMILES string of the molecule is CC(=O)OC(c1cccc2ccccc12)c1c(C)c(=O)[nH]c(=O)n1COCCO[Si](C)(C)C(C)(C)C. The molecule has 1 unspecified atom stereocenters. The molecular formula is C27H36N2O6Si. The minimum Gasteiger partial charge on any atom is -0.451 e. The molecule has 3 aromatic rings. The van der Waals surface area contributed by atoms with Crippen LogP contribution in [0.2, 0.25) is 18.1 Å². The molecule has 9 heteroatoms. The van der Waals surface area contributed by atoms with E-state index < -0.39 is 31.6 Å². The van der Waals surface area contributed by atoms with E-state index >= 15 is 0 Å². The van der Waals surface area contributed by atoms with Crippen molar-refractivity contribution in [3.63, 3.8) is 0 Å². The summed E-state index contributed by atoms with van der Waals surface area (Å²) in [5, 5.41) is 1.87. The molecular weight excluding hydrogens is 476 g/mol. The van der Waals surface area contributed by atoms with Gasteiger partial charge in [-0.3, -0.25) is 19.1 Å².